The molecule has 0 atom stereocenters. The summed E-state index contributed by atoms with van der Waals surface area (Å²) in [4.78, 5) is 47.4. The third kappa shape index (κ3) is 30.3. The van der Waals surface area contributed by atoms with Crippen molar-refractivity contribution in [2.45, 2.75) is 0 Å². The molecule has 0 aromatic heterocycles. The number of hydrogen-bond donors (Lipinski definition) is 7. The topological polar surface area (TPSA) is 219 Å². The molecule has 1 aliphatic heterocycles. The third-order valence-electron chi connectivity index (χ3n) is 1.04. The highest BCUT2D eigenvalue weighted by atomic mass is 16.4. The van der Waals surface area contributed by atoms with Gasteiger partial charge in [0.2, 0.25) is 0 Å². The Morgan fingerprint density at radius 3 is 0.955 bits per heavy atom. The van der Waals surface area contributed by atoms with Gasteiger partial charge >= 0.3 is 17.9 Å². The van der Waals surface area contributed by atoms with Gasteiger partial charge in [0.25, 0.3) is 11.8 Å². The molecular formula is C10H15NO11. The maximum atomic E-state index is 10.0. The van der Waals surface area contributed by atoms with E-state index in [0.717, 1.165) is 0 Å². The molecule has 0 aromatic rings. The average Bonchev–Trinajstić information content (AvgIpc) is 2.84. The van der Waals surface area contributed by atoms with Crippen molar-refractivity contribution in [2.24, 2.45) is 0 Å². The number of aliphatic hydroxyl groups is 3. The minimum Gasteiger partial charge on any atom is -0.480 e. The van der Waals surface area contributed by atoms with Gasteiger partial charge in [-0.3, -0.25) is 14.9 Å². The van der Waals surface area contributed by atoms with Crippen LogP contribution in [0.4, 0.5) is 0 Å². The van der Waals surface area contributed by atoms with Crippen LogP contribution in [0.2, 0.25) is 0 Å². The molecule has 0 fully saturated rings. The van der Waals surface area contributed by atoms with Crippen LogP contribution in [0, 0.1) is 0 Å². The maximum absolute atomic E-state index is 10.0. The lowest BCUT2D eigenvalue weighted by Gasteiger charge is -1.80. The van der Waals surface area contributed by atoms with E-state index in [9.17, 15) is 9.59 Å². The van der Waals surface area contributed by atoms with Crippen LogP contribution in [0.5, 0.6) is 0 Å². The molecule has 0 saturated heterocycles. The summed E-state index contributed by atoms with van der Waals surface area (Å²) in [5.41, 5.74) is 0. The van der Waals surface area contributed by atoms with Crippen LogP contribution < -0.4 is 5.32 Å². The molecule has 22 heavy (non-hydrogen) atoms. The van der Waals surface area contributed by atoms with Crippen molar-refractivity contribution in [3.63, 3.8) is 0 Å². The van der Waals surface area contributed by atoms with Gasteiger partial charge in [0.15, 0.2) is 0 Å². The van der Waals surface area contributed by atoms with Crippen LogP contribution in [-0.4, -0.2) is 80.2 Å². The van der Waals surface area contributed by atoms with Crippen LogP contribution in [0.15, 0.2) is 12.2 Å². The van der Waals surface area contributed by atoms with E-state index in [4.69, 9.17) is 45.0 Å². The van der Waals surface area contributed by atoms with Gasteiger partial charge in [-0.15, -0.1) is 0 Å². The Labute approximate surface area is 122 Å². The van der Waals surface area contributed by atoms with Crippen molar-refractivity contribution < 1.29 is 54.6 Å². The molecule has 7 N–H and O–H groups in total. The minimum atomic E-state index is -1.19. The number of nitrogens with one attached hydrogen (secondary N) is 1. The fourth-order valence-electron chi connectivity index (χ4n) is 0.356. The largest absolute Gasteiger partial charge is 0.480 e. The van der Waals surface area contributed by atoms with E-state index in [2.05, 4.69) is 0 Å². The number of rotatable bonds is 3. The molecule has 0 bridgehead atoms. The number of aliphatic hydroxyl groups excluding tert-OH is 3. The second-order valence-corrected chi connectivity index (χ2v) is 2.84. The first kappa shape index (κ1) is 24.2. The highest BCUT2D eigenvalue weighted by Gasteiger charge is 2.06. The van der Waals surface area contributed by atoms with Crippen molar-refractivity contribution in [3.05, 3.63) is 12.2 Å². The molecule has 2 amide bonds. The first-order chi connectivity index (χ1) is 10.1. The highest BCUT2D eigenvalue weighted by molar-refractivity contribution is 6.12. The number of imide groups is 1. The smallest absolute Gasteiger partial charge is 0.329 e. The minimum absolute atomic E-state index is 0.329. The number of hydrogen-bond acceptors (Lipinski definition) is 8. The zero-order chi connectivity index (χ0) is 18.1. The third-order valence-corrected chi connectivity index (χ3v) is 1.04. The van der Waals surface area contributed by atoms with Crippen LogP contribution in [-0.2, 0) is 24.0 Å². The summed E-state index contributed by atoms with van der Waals surface area (Å²) in [5, 5.41) is 47.1. The Hall–Kier alpha value is -2.83. The Balaban J connectivity index is -0.000000223. The van der Waals surface area contributed by atoms with Crippen LogP contribution in [0.1, 0.15) is 0 Å². The molecule has 126 valence electrons. The summed E-state index contributed by atoms with van der Waals surface area (Å²) in [6, 6.07) is 0. The van der Waals surface area contributed by atoms with Crippen molar-refractivity contribution >= 4 is 29.7 Å². The summed E-state index contributed by atoms with van der Waals surface area (Å²) in [6.07, 6.45) is 2.39. The fraction of sp³-hybridized carbons (Fsp3) is 0.300. The van der Waals surface area contributed by atoms with E-state index < -0.39 is 37.7 Å². The van der Waals surface area contributed by atoms with Crippen molar-refractivity contribution in [1.82, 2.24) is 5.32 Å². The highest BCUT2D eigenvalue weighted by Crippen LogP contribution is 1.82. The number of carbonyl (C=O) groups excluding carboxylic acids is 2. The number of carboxylic acid groups (broad SMARTS) is 3. The summed E-state index contributed by atoms with van der Waals surface area (Å²) in [6.45, 7) is -2.33. The fourth-order valence-corrected chi connectivity index (χ4v) is 0.356. The summed E-state index contributed by atoms with van der Waals surface area (Å²) in [5.74, 6) is -4.23. The van der Waals surface area contributed by atoms with Gasteiger partial charge in [-0.2, -0.15) is 0 Å². The Morgan fingerprint density at radius 2 is 0.909 bits per heavy atom. The Kier molecular flexibility index (Phi) is 17.9. The number of carbonyl (C=O) groups is 5. The normalized spacial score (nSPS) is 10.7. The molecule has 12 heteroatoms. The first-order valence-electron chi connectivity index (χ1n) is 5.11. The molecule has 0 spiro atoms. The van der Waals surface area contributed by atoms with Gasteiger partial charge < -0.3 is 30.6 Å². The molecule has 0 aliphatic carbocycles. The van der Waals surface area contributed by atoms with Crippen molar-refractivity contribution in [2.75, 3.05) is 19.8 Å². The quantitative estimate of drug-likeness (QED) is 0.251. The van der Waals surface area contributed by atoms with E-state index in [0.29, 0.717) is 0 Å². The van der Waals surface area contributed by atoms with Gasteiger partial charge in [0.05, 0.1) is 0 Å². The molecule has 0 saturated carbocycles. The van der Waals surface area contributed by atoms with E-state index in [1.807, 2.05) is 5.32 Å². The molecule has 1 rings (SSSR count). The lowest BCUT2D eigenvalue weighted by Crippen LogP contribution is -2.19. The summed E-state index contributed by atoms with van der Waals surface area (Å²) < 4.78 is 0. The summed E-state index contributed by atoms with van der Waals surface area (Å²) in [7, 11) is 0. The second kappa shape index (κ2) is 16.2. The van der Waals surface area contributed by atoms with Crippen LogP contribution in [0.25, 0.3) is 0 Å². The lowest BCUT2D eigenvalue weighted by atomic mass is 10.6. The predicted molar refractivity (Wildman–Crippen MR) is 66.5 cm³/mol. The zero-order valence-electron chi connectivity index (χ0n) is 11.0. The molecule has 12 nitrogen and oxygen atoms in total. The van der Waals surface area contributed by atoms with E-state index in [-0.39, 0.29) is 11.8 Å². The number of carboxylic acids is 3. The first-order valence-corrected chi connectivity index (χ1v) is 5.11. The molecule has 1 heterocycles. The number of amides is 2. The van der Waals surface area contributed by atoms with Crippen molar-refractivity contribution in [3.8, 4) is 0 Å². The van der Waals surface area contributed by atoms with Crippen LogP contribution in [0.3, 0.4) is 0 Å². The molecular weight excluding hydrogens is 310 g/mol. The Morgan fingerprint density at radius 1 is 0.727 bits per heavy atom. The molecule has 1 aliphatic rings. The van der Waals surface area contributed by atoms with E-state index in [1.165, 1.54) is 12.2 Å². The maximum Gasteiger partial charge on any atom is 0.329 e. The van der Waals surface area contributed by atoms with Gasteiger partial charge in [-0.1, -0.05) is 0 Å². The second-order valence-electron chi connectivity index (χ2n) is 2.84. The molecule has 0 unspecified atom stereocenters. The van der Waals surface area contributed by atoms with Gasteiger partial charge in [0.1, 0.15) is 19.8 Å². The number of aliphatic carboxylic acids is 3. The molecule has 0 aromatic carbocycles. The van der Waals surface area contributed by atoms with Gasteiger partial charge in [-0.25, -0.2) is 14.4 Å². The monoisotopic (exact) mass is 325 g/mol. The SMILES string of the molecule is O=C(O)CO.O=C(O)CO.O=C(O)CO.O=C1C=CC(=O)N1. The standard InChI is InChI=1S/C4H3NO2.3C2H4O3/c6-3-1-2-4(7)5-3;3*3-1-2(4)5/h1-2H,(H,5,6,7);3*3H,1H2,(H,4,5). The Bertz CT molecular complexity index is 366. The van der Waals surface area contributed by atoms with E-state index in [1.54, 1.807) is 0 Å². The van der Waals surface area contributed by atoms with Crippen LogP contribution >= 0.6 is 0 Å². The van der Waals surface area contributed by atoms with E-state index >= 15 is 0 Å². The average molecular weight is 325 g/mol. The zero-order valence-corrected chi connectivity index (χ0v) is 11.0. The molecule has 0 radical (unpaired) electrons. The van der Waals surface area contributed by atoms with Gasteiger partial charge in [0, 0.05) is 12.2 Å². The van der Waals surface area contributed by atoms with Crippen molar-refractivity contribution in [1.29, 1.82) is 0 Å². The lowest BCUT2D eigenvalue weighted by molar-refractivity contribution is -0.141. The predicted octanol–water partition coefficient (Wildman–Crippen LogP) is -3.61. The summed E-state index contributed by atoms with van der Waals surface area (Å²) >= 11 is 0. The van der Waals surface area contributed by atoms with Gasteiger partial charge in [-0.05, 0) is 0 Å².